The van der Waals surface area contributed by atoms with Gasteiger partial charge in [-0.2, -0.15) is 0 Å². The number of pyridine rings is 1. The molecular weight excluding hydrogens is 363 g/mol. The summed E-state index contributed by atoms with van der Waals surface area (Å²) in [5, 5.41) is 6.57. The molecule has 0 fully saturated rings. The molecule has 0 radical (unpaired) electrons. The Kier molecular flexibility index (Phi) is 6.38. The molecule has 2 heterocycles. The molecule has 0 saturated carbocycles. The van der Waals surface area contributed by atoms with Gasteiger partial charge in [-0.1, -0.05) is 0 Å². The van der Waals surface area contributed by atoms with Crippen LogP contribution in [0.2, 0.25) is 0 Å². The lowest BCUT2D eigenvalue weighted by Gasteiger charge is -2.12. The van der Waals surface area contributed by atoms with E-state index in [-0.39, 0.29) is 5.82 Å². The van der Waals surface area contributed by atoms with Crippen molar-refractivity contribution in [3.8, 4) is 11.6 Å². The van der Waals surface area contributed by atoms with Gasteiger partial charge in [0.05, 0.1) is 6.54 Å². The number of hydrogen-bond donors (Lipinski definition) is 2. The van der Waals surface area contributed by atoms with Crippen LogP contribution in [0.3, 0.4) is 0 Å². The number of aliphatic imine (C=N–C) groups is 1. The van der Waals surface area contributed by atoms with Crippen molar-refractivity contribution in [3.63, 3.8) is 0 Å². The molecule has 0 amide bonds. The molecule has 0 spiro atoms. The Balaban J connectivity index is 1.54. The topological polar surface area (TPSA) is 58.5 Å². The number of nitrogens with one attached hydrogen (secondary N) is 2. The van der Waals surface area contributed by atoms with Crippen LogP contribution in [-0.4, -0.2) is 18.0 Å². The van der Waals surface area contributed by atoms with Gasteiger partial charge >= 0.3 is 0 Å². The Bertz CT molecular complexity index is 908. The molecule has 1 aromatic carbocycles. The number of nitrogens with zero attached hydrogens (tertiary/aromatic N) is 2. The molecule has 0 atom stereocenters. The molecule has 7 heteroatoms. The second-order valence-corrected chi connectivity index (χ2v) is 7.22. The first-order chi connectivity index (χ1) is 13.1. The van der Waals surface area contributed by atoms with Crippen molar-refractivity contribution in [1.82, 2.24) is 15.6 Å². The summed E-state index contributed by atoms with van der Waals surface area (Å²) >= 11 is 1.76. The molecule has 3 rings (SSSR count). The van der Waals surface area contributed by atoms with Gasteiger partial charge in [-0.05, 0) is 55.0 Å². The van der Waals surface area contributed by atoms with Gasteiger partial charge < -0.3 is 15.4 Å². The van der Waals surface area contributed by atoms with Gasteiger partial charge in [-0.25, -0.2) is 9.37 Å². The van der Waals surface area contributed by atoms with Crippen molar-refractivity contribution in [1.29, 1.82) is 0 Å². The lowest BCUT2D eigenvalue weighted by atomic mass is 10.2. The Morgan fingerprint density at radius 2 is 1.89 bits per heavy atom. The number of rotatable bonds is 6. The average molecular weight is 384 g/mol. The minimum atomic E-state index is -0.301. The zero-order valence-corrected chi connectivity index (χ0v) is 16.0. The Hall–Kier alpha value is -2.93. The summed E-state index contributed by atoms with van der Waals surface area (Å²) in [4.78, 5) is 11.0. The maximum atomic E-state index is 13.0. The SMILES string of the molecule is CN=C(NCc1ccnc(Oc2ccc(F)cc2)c1)NCc1ccc(C)s1. The Labute approximate surface area is 162 Å². The normalized spacial score (nSPS) is 11.3. The number of benzene rings is 1. The Morgan fingerprint density at radius 1 is 1.11 bits per heavy atom. The van der Waals surface area contributed by atoms with E-state index in [0.717, 1.165) is 18.1 Å². The van der Waals surface area contributed by atoms with E-state index in [2.05, 4.69) is 39.7 Å². The fourth-order valence-corrected chi connectivity index (χ4v) is 3.23. The van der Waals surface area contributed by atoms with Crippen molar-refractivity contribution in [2.75, 3.05) is 7.05 Å². The molecule has 5 nitrogen and oxygen atoms in total. The monoisotopic (exact) mass is 384 g/mol. The minimum absolute atomic E-state index is 0.301. The lowest BCUT2D eigenvalue weighted by Crippen LogP contribution is -2.36. The van der Waals surface area contributed by atoms with E-state index in [4.69, 9.17) is 4.74 Å². The average Bonchev–Trinajstić information content (AvgIpc) is 3.09. The molecule has 2 N–H and O–H groups in total. The first kappa shape index (κ1) is 18.8. The van der Waals surface area contributed by atoms with E-state index in [0.29, 0.717) is 18.2 Å². The molecular formula is C20H21FN4OS. The maximum absolute atomic E-state index is 13.0. The zero-order valence-electron chi connectivity index (χ0n) is 15.2. The van der Waals surface area contributed by atoms with Gasteiger partial charge in [0.15, 0.2) is 5.96 Å². The van der Waals surface area contributed by atoms with Crippen molar-refractivity contribution < 1.29 is 9.13 Å². The minimum Gasteiger partial charge on any atom is -0.439 e. The summed E-state index contributed by atoms with van der Waals surface area (Å²) in [5.41, 5.74) is 0.997. The molecule has 0 aliphatic carbocycles. The quantitative estimate of drug-likeness (QED) is 0.493. The van der Waals surface area contributed by atoms with Crippen molar-refractivity contribution in [3.05, 3.63) is 75.9 Å². The maximum Gasteiger partial charge on any atom is 0.219 e. The van der Waals surface area contributed by atoms with Gasteiger partial charge in [-0.3, -0.25) is 4.99 Å². The largest absolute Gasteiger partial charge is 0.439 e. The van der Waals surface area contributed by atoms with Crippen LogP contribution >= 0.6 is 11.3 Å². The first-order valence-corrected chi connectivity index (χ1v) is 9.32. The third kappa shape index (κ3) is 5.79. The van der Waals surface area contributed by atoms with Crippen molar-refractivity contribution >= 4 is 17.3 Å². The molecule has 2 aromatic heterocycles. The fourth-order valence-electron chi connectivity index (χ4n) is 2.40. The number of aryl methyl sites for hydroxylation is 1. The predicted molar refractivity (Wildman–Crippen MR) is 107 cm³/mol. The van der Waals surface area contributed by atoms with Gasteiger partial charge in [-0.15, -0.1) is 11.3 Å². The van der Waals surface area contributed by atoms with Crippen LogP contribution in [0, 0.1) is 12.7 Å². The molecule has 140 valence electrons. The Morgan fingerprint density at radius 3 is 2.59 bits per heavy atom. The van der Waals surface area contributed by atoms with Crippen LogP contribution in [-0.2, 0) is 13.1 Å². The molecule has 3 aromatic rings. The fraction of sp³-hybridized carbons (Fsp3) is 0.200. The highest BCUT2D eigenvalue weighted by Gasteiger charge is 2.04. The predicted octanol–water partition coefficient (Wildman–Crippen LogP) is 4.25. The van der Waals surface area contributed by atoms with Gasteiger partial charge in [0.2, 0.25) is 5.88 Å². The molecule has 0 saturated heterocycles. The van der Waals surface area contributed by atoms with Crippen LogP contribution in [0.25, 0.3) is 0 Å². The van der Waals surface area contributed by atoms with E-state index >= 15 is 0 Å². The number of aromatic nitrogens is 1. The van der Waals surface area contributed by atoms with E-state index < -0.39 is 0 Å². The van der Waals surface area contributed by atoms with E-state index in [1.54, 1.807) is 36.7 Å². The third-order valence-corrected chi connectivity index (χ3v) is 4.75. The summed E-state index contributed by atoms with van der Waals surface area (Å²) in [5.74, 6) is 1.42. The number of ether oxygens (including phenoxy) is 1. The van der Waals surface area contributed by atoms with Gasteiger partial charge in [0.1, 0.15) is 11.6 Å². The molecule has 27 heavy (non-hydrogen) atoms. The van der Waals surface area contributed by atoms with E-state index in [1.165, 1.54) is 21.9 Å². The highest BCUT2D eigenvalue weighted by Crippen LogP contribution is 2.20. The van der Waals surface area contributed by atoms with Crippen LogP contribution in [0.1, 0.15) is 15.3 Å². The summed E-state index contributed by atoms with van der Waals surface area (Å²) < 4.78 is 18.6. The van der Waals surface area contributed by atoms with Crippen LogP contribution in [0.4, 0.5) is 4.39 Å². The summed E-state index contributed by atoms with van der Waals surface area (Å²) in [6.07, 6.45) is 1.68. The van der Waals surface area contributed by atoms with E-state index in [1.807, 2.05) is 12.1 Å². The van der Waals surface area contributed by atoms with Crippen molar-refractivity contribution in [2.45, 2.75) is 20.0 Å². The lowest BCUT2D eigenvalue weighted by molar-refractivity contribution is 0.460. The third-order valence-electron chi connectivity index (χ3n) is 3.74. The summed E-state index contributed by atoms with van der Waals surface area (Å²) in [6, 6.07) is 13.8. The number of halogens is 1. The number of guanidine groups is 1. The molecule has 0 bridgehead atoms. The van der Waals surface area contributed by atoms with Gasteiger partial charge in [0.25, 0.3) is 0 Å². The second-order valence-electron chi connectivity index (χ2n) is 5.85. The van der Waals surface area contributed by atoms with Crippen LogP contribution < -0.4 is 15.4 Å². The summed E-state index contributed by atoms with van der Waals surface area (Å²) in [7, 11) is 1.74. The second kappa shape index (κ2) is 9.14. The van der Waals surface area contributed by atoms with E-state index in [9.17, 15) is 4.39 Å². The van der Waals surface area contributed by atoms with Crippen LogP contribution in [0.15, 0.2) is 59.7 Å². The molecule has 0 unspecified atom stereocenters. The van der Waals surface area contributed by atoms with Crippen LogP contribution in [0.5, 0.6) is 11.6 Å². The molecule has 0 aliphatic rings. The highest BCUT2D eigenvalue weighted by molar-refractivity contribution is 7.11. The molecule has 0 aliphatic heterocycles. The first-order valence-electron chi connectivity index (χ1n) is 8.50. The van der Waals surface area contributed by atoms with Gasteiger partial charge in [0, 0.05) is 35.6 Å². The smallest absolute Gasteiger partial charge is 0.219 e. The summed E-state index contributed by atoms with van der Waals surface area (Å²) in [6.45, 7) is 3.40. The standard InChI is InChI=1S/C20H21FN4OS/c1-14-3-8-18(27-14)13-25-20(22-2)24-12-15-9-10-23-19(11-15)26-17-6-4-16(21)5-7-17/h3-11H,12-13H2,1-2H3,(H2,22,24,25). The number of thiophene rings is 1. The zero-order chi connectivity index (χ0) is 19.1. The highest BCUT2D eigenvalue weighted by atomic mass is 32.1. The number of hydrogen-bond acceptors (Lipinski definition) is 4. The van der Waals surface area contributed by atoms with Crippen molar-refractivity contribution in [2.24, 2.45) is 4.99 Å².